The molecule has 0 saturated carbocycles. The maximum atomic E-state index is 14.6. The Bertz CT molecular complexity index is 1580. The standard InChI is InChI=1S/C31H27F6N5O2/c32-30(33,34)22-12-11-21(17-38-22)41-15-13-18(14-16-41)25-23-24(31(35,36)37)27(43)29(44)39-28(23)42(40-25)26(19-7-3-1-4-8-19)20-9-5-2-6-10-20/h1-12,17-18,24,26-27,43H,13-16H2,(H,39,44). The summed E-state index contributed by atoms with van der Waals surface area (Å²) in [6.07, 6.45) is -10.1. The second-order valence-electron chi connectivity index (χ2n) is 10.9. The summed E-state index contributed by atoms with van der Waals surface area (Å²) in [6.45, 7) is 0.650. The van der Waals surface area contributed by atoms with E-state index >= 15 is 0 Å². The molecule has 44 heavy (non-hydrogen) atoms. The molecule has 2 N–H and O–H groups in total. The highest BCUT2D eigenvalue weighted by Gasteiger charge is 2.55. The lowest BCUT2D eigenvalue weighted by Gasteiger charge is -2.35. The van der Waals surface area contributed by atoms with Crippen LogP contribution < -0.4 is 10.2 Å². The van der Waals surface area contributed by atoms with Gasteiger partial charge in [0.2, 0.25) is 0 Å². The number of aromatic nitrogens is 3. The molecule has 2 aromatic heterocycles. The molecule has 6 rings (SSSR count). The van der Waals surface area contributed by atoms with E-state index < -0.39 is 47.9 Å². The van der Waals surface area contributed by atoms with E-state index in [1.165, 1.54) is 10.7 Å². The lowest BCUT2D eigenvalue weighted by atomic mass is 9.82. The quantitative estimate of drug-likeness (QED) is 0.259. The summed E-state index contributed by atoms with van der Waals surface area (Å²) >= 11 is 0. The van der Waals surface area contributed by atoms with Gasteiger partial charge in [-0.05, 0) is 36.1 Å². The molecule has 4 heterocycles. The minimum absolute atomic E-state index is 0.121. The molecule has 1 saturated heterocycles. The van der Waals surface area contributed by atoms with Crippen molar-refractivity contribution in [3.63, 3.8) is 0 Å². The molecular formula is C31H27F6N5O2. The smallest absolute Gasteiger partial charge is 0.382 e. The first-order valence-electron chi connectivity index (χ1n) is 14.0. The number of benzene rings is 2. The number of rotatable bonds is 5. The number of nitrogens with zero attached hydrogens (tertiary/aromatic N) is 4. The van der Waals surface area contributed by atoms with Crippen molar-refractivity contribution in [3.8, 4) is 0 Å². The summed E-state index contributed by atoms with van der Waals surface area (Å²) in [7, 11) is 0. The molecule has 1 fully saturated rings. The molecule has 0 bridgehead atoms. The summed E-state index contributed by atoms with van der Waals surface area (Å²) in [4.78, 5) is 18.1. The molecule has 13 heteroatoms. The molecule has 0 aliphatic carbocycles. The van der Waals surface area contributed by atoms with Crippen LogP contribution in [-0.4, -0.2) is 51.1 Å². The SMILES string of the molecule is O=C1Nc2c(c(C3CCN(c4ccc(C(F)(F)F)nc4)CC3)nn2C(c2ccccc2)c2ccccc2)C(C(F)(F)F)C1O. The van der Waals surface area contributed by atoms with Gasteiger partial charge in [-0.15, -0.1) is 0 Å². The molecule has 2 aromatic carbocycles. The number of hydrogen-bond acceptors (Lipinski definition) is 5. The second kappa shape index (κ2) is 11.3. The van der Waals surface area contributed by atoms with E-state index in [4.69, 9.17) is 5.10 Å². The van der Waals surface area contributed by atoms with Crippen molar-refractivity contribution in [2.45, 2.75) is 49.2 Å². The zero-order valence-corrected chi connectivity index (χ0v) is 23.1. The van der Waals surface area contributed by atoms with Crippen LogP contribution >= 0.6 is 0 Å². The van der Waals surface area contributed by atoms with Crippen LogP contribution in [0.15, 0.2) is 79.0 Å². The van der Waals surface area contributed by atoms with Gasteiger partial charge in [-0.25, -0.2) is 9.67 Å². The van der Waals surface area contributed by atoms with Crippen molar-refractivity contribution in [3.05, 3.63) is 107 Å². The molecular weight excluding hydrogens is 588 g/mol. The molecule has 4 aromatic rings. The van der Waals surface area contributed by atoms with E-state index in [1.54, 1.807) is 24.3 Å². The highest BCUT2D eigenvalue weighted by atomic mass is 19.4. The number of hydrogen-bond donors (Lipinski definition) is 2. The van der Waals surface area contributed by atoms with Gasteiger partial charge in [0.05, 0.1) is 17.6 Å². The highest BCUT2D eigenvalue weighted by Crippen LogP contribution is 2.49. The fourth-order valence-corrected chi connectivity index (χ4v) is 6.12. The number of nitrogens with one attached hydrogen (secondary N) is 1. The third-order valence-corrected chi connectivity index (χ3v) is 8.23. The fraction of sp³-hybridized carbons (Fsp3) is 0.323. The van der Waals surface area contributed by atoms with Crippen LogP contribution in [-0.2, 0) is 11.0 Å². The summed E-state index contributed by atoms with van der Waals surface area (Å²) < 4.78 is 84.0. The van der Waals surface area contributed by atoms with Gasteiger partial charge >= 0.3 is 12.4 Å². The Kier molecular flexibility index (Phi) is 7.60. The Labute approximate surface area is 248 Å². The van der Waals surface area contributed by atoms with E-state index in [1.807, 2.05) is 41.3 Å². The Balaban J connectivity index is 1.42. The Morgan fingerprint density at radius 2 is 1.45 bits per heavy atom. The summed E-state index contributed by atoms with van der Waals surface area (Å²) in [6, 6.07) is 19.6. The van der Waals surface area contributed by atoms with Gasteiger partial charge in [-0.3, -0.25) is 4.79 Å². The maximum absolute atomic E-state index is 14.6. The van der Waals surface area contributed by atoms with Crippen LogP contribution in [0.4, 0.5) is 37.8 Å². The minimum Gasteiger partial charge on any atom is -0.382 e. The third kappa shape index (κ3) is 5.51. The normalized spacial score (nSPS) is 19.6. The number of carbonyl (C=O) groups excluding carboxylic acids is 1. The average molecular weight is 616 g/mol. The van der Waals surface area contributed by atoms with Crippen molar-refractivity contribution in [1.82, 2.24) is 14.8 Å². The Morgan fingerprint density at radius 1 is 0.864 bits per heavy atom. The molecule has 7 nitrogen and oxygen atoms in total. The predicted octanol–water partition coefficient (Wildman–Crippen LogP) is 6.28. The predicted molar refractivity (Wildman–Crippen MR) is 149 cm³/mol. The van der Waals surface area contributed by atoms with E-state index in [9.17, 15) is 36.2 Å². The number of anilines is 2. The lowest BCUT2D eigenvalue weighted by molar-refractivity contribution is -0.177. The van der Waals surface area contributed by atoms with Crippen molar-refractivity contribution >= 4 is 17.4 Å². The molecule has 2 aliphatic heterocycles. The van der Waals surface area contributed by atoms with E-state index in [0.29, 0.717) is 31.6 Å². The van der Waals surface area contributed by atoms with Gasteiger partial charge in [0.15, 0.2) is 0 Å². The van der Waals surface area contributed by atoms with Crippen molar-refractivity contribution in [1.29, 1.82) is 0 Å². The number of aliphatic hydroxyl groups excluding tert-OH is 1. The number of alkyl halides is 6. The molecule has 2 aliphatic rings. The van der Waals surface area contributed by atoms with Crippen LogP contribution in [0.5, 0.6) is 0 Å². The lowest BCUT2D eigenvalue weighted by Crippen LogP contribution is -2.45. The largest absolute Gasteiger partial charge is 0.433 e. The third-order valence-electron chi connectivity index (χ3n) is 8.23. The number of halogens is 6. The average Bonchev–Trinajstić information content (AvgIpc) is 3.35. The number of carbonyl (C=O) groups is 1. The van der Waals surface area contributed by atoms with Crippen LogP contribution in [0, 0.1) is 0 Å². The van der Waals surface area contributed by atoms with Crippen LogP contribution in [0.1, 0.15) is 58.8 Å². The fourth-order valence-electron chi connectivity index (χ4n) is 6.12. The van der Waals surface area contributed by atoms with Crippen molar-refractivity contribution in [2.24, 2.45) is 0 Å². The van der Waals surface area contributed by atoms with Crippen molar-refractivity contribution < 1.29 is 36.2 Å². The molecule has 0 radical (unpaired) electrons. The highest BCUT2D eigenvalue weighted by molar-refractivity contribution is 5.97. The van der Waals surface area contributed by atoms with Gasteiger partial charge in [0.1, 0.15) is 29.6 Å². The van der Waals surface area contributed by atoms with Crippen molar-refractivity contribution in [2.75, 3.05) is 23.3 Å². The number of pyridine rings is 1. The van der Waals surface area contributed by atoms with E-state index in [-0.39, 0.29) is 17.1 Å². The Morgan fingerprint density at radius 3 is 1.95 bits per heavy atom. The summed E-state index contributed by atoms with van der Waals surface area (Å²) in [5, 5.41) is 17.8. The minimum atomic E-state index is -4.95. The maximum Gasteiger partial charge on any atom is 0.433 e. The zero-order chi connectivity index (χ0) is 31.2. The molecule has 0 spiro atoms. The first-order valence-corrected chi connectivity index (χ1v) is 14.0. The van der Waals surface area contributed by atoms with Gasteiger partial charge < -0.3 is 15.3 Å². The number of amides is 1. The number of piperidine rings is 1. The molecule has 2 unspecified atom stereocenters. The molecule has 1 amide bonds. The summed E-state index contributed by atoms with van der Waals surface area (Å²) in [5.74, 6) is -4.26. The van der Waals surface area contributed by atoms with Gasteiger partial charge in [0, 0.05) is 24.6 Å². The topological polar surface area (TPSA) is 83.3 Å². The van der Waals surface area contributed by atoms with Crippen LogP contribution in [0.25, 0.3) is 0 Å². The molecule has 2 atom stereocenters. The van der Waals surface area contributed by atoms with Crippen LogP contribution in [0.2, 0.25) is 0 Å². The Hall–Kier alpha value is -4.39. The van der Waals surface area contributed by atoms with E-state index in [2.05, 4.69) is 10.3 Å². The monoisotopic (exact) mass is 615 g/mol. The first kappa shape index (κ1) is 29.7. The molecule has 230 valence electrons. The van der Waals surface area contributed by atoms with Gasteiger partial charge in [0.25, 0.3) is 5.91 Å². The zero-order valence-electron chi connectivity index (χ0n) is 23.1. The second-order valence-corrected chi connectivity index (χ2v) is 10.9. The number of fused-ring (bicyclic) bond motifs is 1. The van der Waals surface area contributed by atoms with Gasteiger partial charge in [-0.2, -0.15) is 31.4 Å². The summed E-state index contributed by atoms with van der Waals surface area (Å²) in [5.41, 5.74) is 0.763. The first-order chi connectivity index (χ1) is 20.9. The van der Waals surface area contributed by atoms with Gasteiger partial charge in [-0.1, -0.05) is 60.7 Å². The van der Waals surface area contributed by atoms with Crippen LogP contribution in [0.3, 0.4) is 0 Å². The van der Waals surface area contributed by atoms with E-state index in [0.717, 1.165) is 23.4 Å². The number of aliphatic hydroxyl groups is 1.